The van der Waals surface area contributed by atoms with E-state index in [0.29, 0.717) is 13.2 Å². The zero-order valence-electron chi connectivity index (χ0n) is 11.1. The Morgan fingerprint density at radius 2 is 2.21 bits per heavy atom. The van der Waals surface area contributed by atoms with Crippen molar-refractivity contribution in [1.82, 2.24) is 4.90 Å². The molecule has 1 aliphatic heterocycles. The molecule has 0 radical (unpaired) electrons. The van der Waals surface area contributed by atoms with Crippen molar-refractivity contribution >= 4 is 6.09 Å². The van der Waals surface area contributed by atoms with Crippen molar-refractivity contribution in [2.75, 3.05) is 6.54 Å². The zero-order valence-corrected chi connectivity index (χ0v) is 11.1. The van der Waals surface area contributed by atoms with E-state index in [1.807, 2.05) is 37.3 Å². The van der Waals surface area contributed by atoms with E-state index in [1.54, 1.807) is 4.90 Å². The zero-order chi connectivity index (χ0) is 13.7. The molecule has 1 aromatic rings. The van der Waals surface area contributed by atoms with Gasteiger partial charge in [0.15, 0.2) is 0 Å². The first-order valence-corrected chi connectivity index (χ1v) is 6.57. The number of carbonyl (C=O) groups is 1. The SMILES string of the molecule is C[C@@H]1C[C@@H](C#N)CCN1C(=O)OCc1ccccc1. The minimum absolute atomic E-state index is 0.0631. The van der Waals surface area contributed by atoms with Crippen molar-refractivity contribution in [2.24, 2.45) is 5.92 Å². The van der Waals surface area contributed by atoms with Crippen LogP contribution in [0.4, 0.5) is 4.79 Å². The van der Waals surface area contributed by atoms with Crippen LogP contribution in [0.15, 0.2) is 30.3 Å². The number of rotatable bonds is 2. The second-order valence-electron chi connectivity index (χ2n) is 4.93. The molecule has 4 nitrogen and oxygen atoms in total. The predicted molar refractivity (Wildman–Crippen MR) is 71.1 cm³/mol. The highest BCUT2D eigenvalue weighted by molar-refractivity contribution is 5.68. The van der Waals surface area contributed by atoms with Gasteiger partial charge in [-0.3, -0.25) is 0 Å². The van der Waals surface area contributed by atoms with Crippen molar-refractivity contribution in [1.29, 1.82) is 5.26 Å². The minimum atomic E-state index is -0.284. The lowest BCUT2D eigenvalue weighted by atomic mass is 9.93. The van der Waals surface area contributed by atoms with Crippen LogP contribution in [0.3, 0.4) is 0 Å². The van der Waals surface area contributed by atoms with E-state index in [2.05, 4.69) is 6.07 Å². The summed E-state index contributed by atoms with van der Waals surface area (Å²) in [5, 5.41) is 8.90. The summed E-state index contributed by atoms with van der Waals surface area (Å²) >= 11 is 0. The summed E-state index contributed by atoms with van der Waals surface area (Å²) in [5.41, 5.74) is 0.982. The fourth-order valence-electron chi connectivity index (χ4n) is 2.36. The van der Waals surface area contributed by atoms with Gasteiger partial charge in [0.2, 0.25) is 0 Å². The normalized spacial score (nSPS) is 22.6. The molecule has 2 rings (SSSR count). The molecule has 0 unspecified atom stereocenters. The summed E-state index contributed by atoms with van der Waals surface area (Å²) in [7, 11) is 0. The highest BCUT2D eigenvalue weighted by Crippen LogP contribution is 2.22. The Morgan fingerprint density at radius 1 is 1.47 bits per heavy atom. The molecule has 0 aliphatic carbocycles. The number of carbonyl (C=O) groups excluding carboxylic acids is 1. The van der Waals surface area contributed by atoms with Crippen LogP contribution in [0.1, 0.15) is 25.3 Å². The highest BCUT2D eigenvalue weighted by Gasteiger charge is 2.29. The third kappa shape index (κ3) is 3.47. The summed E-state index contributed by atoms with van der Waals surface area (Å²) in [6, 6.07) is 12.0. The quantitative estimate of drug-likeness (QED) is 0.819. The molecule has 4 heteroatoms. The van der Waals surface area contributed by atoms with Gasteiger partial charge in [0.25, 0.3) is 0 Å². The summed E-state index contributed by atoms with van der Waals surface area (Å²) < 4.78 is 5.31. The van der Waals surface area contributed by atoms with E-state index >= 15 is 0 Å². The Morgan fingerprint density at radius 3 is 2.84 bits per heavy atom. The van der Waals surface area contributed by atoms with Gasteiger partial charge in [-0.1, -0.05) is 30.3 Å². The summed E-state index contributed by atoms with van der Waals surface area (Å²) in [5.74, 6) is 0.0631. The summed E-state index contributed by atoms with van der Waals surface area (Å²) in [6.07, 6.45) is 1.19. The van der Waals surface area contributed by atoms with Crippen LogP contribution in [0, 0.1) is 17.2 Å². The van der Waals surface area contributed by atoms with E-state index in [9.17, 15) is 4.79 Å². The second kappa shape index (κ2) is 6.24. The number of hydrogen-bond donors (Lipinski definition) is 0. The van der Waals surface area contributed by atoms with Crippen molar-refractivity contribution in [3.63, 3.8) is 0 Å². The Kier molecular flexibility index (Phi) is 4.40. The number of ether oxygens (including phenoxy) is 1. The molecule has 1 aliphatic rings. The fraction of sp³-hybridized carbons (Fsp3) is 0.467. The minimum Gasteiger partial charge on any atom is -0.445 e. The Labute approximate surface area is 113 Å². The van der Waals surface area contributed by atoms with Gasteiger partial charge < -0.3 is 9.64 Å². The molecule has 1 fully saturated rings. The van der Waals surface area contributed by atoms with Crippen LogP contribution in [0.5, 0.6) is 0 Å². The smallest absolute Gasteiger partial charge is 0.410 e. The number of hydrogen-bond acceptors (Lipinski definition) is 3. The first-order chi connectivity index (χ1) is 9.20. The lowest BCUT2D eigenvalue weighted by molar-refractivity contribution is 0.0668. The third-order valence-electron chi connectivity index (χ3n) is 3.50. The van der Waals surface area contributed by atoms with E-state index in [1.165, 1.54) is 0 Å². The maximum atomic E-state index is 12.0. The van der Waals surface area contributed by atoms with Gasteiger partial charge in [-0.05, 0) is 25.3 Å². The molecule has 2 atom stereocenters. The molecule has 19 heavy (non-hydrogen) atoms. The molecule has 100 valence electrons. The average Bonchev–Trinajstić information content (AvgIpc) is 2.45. The Balaban J connectivity index is 1.85. The Bertz CT molecular complexity index is 467. The molecule has 1 amide bonds. The molecular weight excluding hydrogens is 240 g/mol. The lowest BCUT2D eigenvalue weighted by Gasteiger charge is -2.34. The van der Waals surface area contributed by atoms with E-state index in [0.717, 1.165) is 18.4 Å². The van der Waals surface area contributed by atoms with Gasteiger partial charge in [-0.2, -0.15) is 5.26 Å². The lowest BCUT2D eigenvalue weighted by Crippen LogP contribution is -2.44. The third-order valence-corrected chi connectivity index (χ3v) is 3.50. The van der Waals surface area contributed by atoms with E-state index in [-0.39, 0.29) is 18.1 Å². The molecule has 1 saturated heterocycles. The summed E-state index contributed by atoms with van der Waals surface area (Å²) in [6.45, 7) is 2.87. The largest absolute Gasteiger partial charge is 0.445 e. The van der Waals surface area contributed by atoms with Crippen molar-refractivity contribution in [2.45, 2.75) is 32.4 Å². The number of amides is 1. The number of likely N-dealkylation sites (tertiary alicyclic amines) is 1. The maximum absolute atomic E-state index is 12.0. The topological polar surface area (TPSA) is 53.3 Å². The molecule has 0 saturated carbocycles. The molecule has 0 N–H and O–H groups in total. The number of nitriles is 1. The van der Waals surface area contributed by atoms with Gasteiger partial charge >= 0.3 is 6.09 Å². The van der Waals surface area contributed by atoms with E-state index in [4.69, 9.17) is 10.00 Å². The maximum Gasteiger partial charge on any atom is 0.410 e. The van der Waals surface area contributed by atoms with Crippen molar-refractivity contribution < 1.29 is 9.53 Å². The van der Waals surface area contributed by atoms with Crippen LogP contribution in [0.25, 0.3) is 0 Å². The monoisotopic (exact) mass is 258 g/mol. The summed E-state index contributed by atoms with van der Waals surface area (Å²) in [4.78, 5) is 13.7. The fourth-order valence-corrected chi connectivity index (χ4v) is 2.36. The molecule has 0 bridgehead atoms. The number of benzene rings is 1. The molecule has 1 aromatic carbocycles. The molecule has 0 spiro atoms. The highest BCUT2D eigenvalue weighted by atomic mass is 16.6. The first-order valence-electron chi connectivity index (χ1n) is 6.57. The van der Waals surface area contributed by atoms with Gasteiger partial charge in [-0.25, -0.2) is 4.79 Å². The van der Waals surface area contributed by atoms with Gasteiger partial charge in [-0.15, -0.1) is 0 Å². The van der Waals surface area contributed by atoms with Crippen molar-refractivity contribution in [3.05, 3.63) is 35.9 Å². The Hall–Kier alpha value is -2.02. The van der Waals surface area contributed by atoms with Crippen LogP contribution in [0.2, 0.25) is 0 Å². The van der Waals surface area contributed by atoms with Crippen LogP contribution in [-0.2, 0) is 11.3 Å². The van der Waals surface area contributed by atoms with Crippen LogP contribution >= 0.6 is 0 Å². The number of nitrogens with zero attached hydrogens (tertiary/aromatic N) is 2. The van der Waals surface area contributed by atoms with Crippen LogP contribution in [-0.4, -0.2) is 23.6 Å². The standard InChI is InChI=1S/C15H18N2O2/c1-12-9-14(10-16)7-8-17(12)15(18)19-11-13-5-3-2-4-6-13/h2-6,12,14H,7-9,11H2,1H3/t12-,14+/m1/s1. The average molecular weight is 258 g/mol. The second-order valence-corrected chi connectivity index (χ2v) is 4.93. The molecule has 0 aromatic heterocycles. The number of piperidine rings is 1. The van der Waals surface area contributed by atoms with E-state index < -0.39 is 0 Å². The van der Waals surface area contributed by atoms with Gasteiger partial charge in [0.1, 0.15) is 6.61 Å². The first kappa shape index (κ1) is 13.4. The van der Waals surface area contributed by atoms with Gasteiger partial charge in [0.05, 0.1) is 6.07 Å². The van der Waals surface area contributed by atoms with Crippen LogP contribution < -0.4 is 0 Å². The predicted octanol–water partition coefficient (Wildman–Crippen LogP) is 2.95. The molecule has 1 heterocycles. The van der Waals surface area contributed by atoms with Gasteiger partial charge in [0, 0.05) is 18.5 Å². The van der Waals surface area contributed by atoms with Crippen molar-refractivity contribution in [3.8, 4) is 6.07 Å². The molecular formula is C15H18N2O2.